The molecule has 0 radical (unpaired) electrons. The lowest BCUT2D eigenvalue weighted by atomic mass is 9.99. The average Bonchev–Trinajstić information content (AvgIpc) is 2.51. The van der Waals surface area contributed by atoms with Crippen molar-refractivity contribution in [2.45, 2.75) is 32.4 Å². The van der Waals surface area contributed by atoms with Gasteiger partial charge in [0.15, 0.2) is 0 Å². The van der Waals surface area contributed by atoms with Gasteiger partial charge in [-0.1, -0.05) is 26.0 Å². The van der Waals surface area contributed by atoms with Crippen LogP contribution in [0, 0.1) is 5.92 Å². The Morgan fingerprint density at radius 3 is 1.95 bits per heavy atom. The van der Waals surface area contributed by atoms with Crippen molar-refractivity contribution in [1.29, 1.82) is 0 Å². The molecule has 0 aliphatic rings. The fourth-order valence-electron chi connectivity index (χ4n) is 1.95. The molecule has 1 unspecified atom stereocenters. The van der Waals surface area contributed by atoms with Gasteiger partial charge in [-0.15, -0.1) is 0 Å². The third-order valence-corrected chi connectivity index (χ3v) is 3.39. The van der Waals surface area contributed by atoms with Gasteiger partial charge in [0.1, 0.15) is 5.75 Å². The lowest BCUT2D eigenvalue weighted by Crippen LogP contribution is -2.55. The Morgan fingerprint density at radius 1 is 1.00 bits per heavy atom. The number of aliphatic hydroxyl groups is 3. The van der Waals surface area contributed by atoms with E-state index in [1.54, 1.807) is 0 Å². The highest BCUT2D eigenvalue weighted by molar-refractivity contribution is 5.29. The SMILES string of the molecule is CC(C)COc1ccc(C(C)NC(CO)(CO)CO)cc1. The minimum Gasteiger partial charge on any atom is -0.493 e. The molecule has 0 bridgehead atoms. The molecule has 1 aromatic carbocycles. The Hall–Kier alpha value is -1.14. The number of ether oxygens (including phenoxy) is 1. The van der Waals surface area contributed by atoms with E-state index in [1.807, 2.05) is 31.2 Å². The van der Waals surface area contributed by atoms with Crippen LogP contribution in [0.2, 0.25) is 0 Å². The van der Waals surface area contributed by atoms with Crippen LogP contribution < -0.4 is 10.1 Å². The largest absolute Gasteiger partial charge is 0.493 e. The number of hydrogen-bond acceptors (Lipinski definition) is 5. The van der Waals surface area contributed by atoms with Crippen LogP contribution in [-0.4, -0.2) is 47.3 Å². The second kappa shape index (κ2) is 8.34. The summed E-state index contributed by atoms with van der Waals surface area (Å²) in [6.07, 6.45) is 0. The maximum Gasteiger partial charge on any atom is 0.119 e. The van der Waals surface area contributed by atoms with Gasteiger partial charge in [0, 0.05) is 6.04 Å². The first-order valence-corrected chi connectivity index (χ1v) is 7.29. The smallest absolute Gasteiger partial charge is 0.119 e. The van der Waals surface area contributed by atoms with Gasteiger partial charge in [0.25, 0.3) is 0 Å². The second-order valence-corrected chi connectivity index (χ2v) is 5.89. The van der Waals surface area contributed by atoms with E-state index in [4.69, 9.17) is 4.74 Å². The van der Waals surface area contributed by atoms with Crippen molar-refractivity contribution in [3.05, 3.63) is 29.8 Å². The summed E-state index contributed by atoms with van der Waals surface area (Å²) >= 11 is 0. The summed E-state index contributed by atoms with van der Waals surface area (Å²) in [7, 11) is 0. The van der Waals surface area contributed by atoms with E-state index >= 15 is 0 Å². The van der Waals surface area contributed by atoms with Crippen LogP contribution in [0.3, 0.4) is 0 Å². The molecule has 5 heteroatoms. The van der Waals surface area contributed by atoms with Gasteiger partial charge in [0.2, 0.25) is 0 Å². The molecule has 4 N–H and O–H groups in total. The van der Waals surface area contributed by atoms with Crippen molar-refractivity contribution in [3.8, 4) is 5.75 Å². The van der Waals surface area contributed by atoms with E-state index in [0.717, 1.165) is 11.3 Å². The van der Waals surface area contributed by atoms with Gasteiger partial charge in [-0.3, -0.25) is 5.32 Å². The van der Waals surface area contributed by atoms with E-state index < -0.39 is 5.54 Å². The van der Waals surface area contributed by atoms with Gasteiger partial charge in [0.05, 0.1) is 32.0 Å². The van der Waals surface area contributed by atoms with Crippen LogP contribution in [0.1, 0.15) is 32.4 Å². The van der Waals surface area contributed by atoms with Crippen molar-refractivity contribution in [1.82, 2.24) is 5.32 Å². The lowest BCUT2D eigenvalue weighted by Gasteiger charge is -2.32. The Balaban J connectivity index is 2.68. The summed E-state index contributed by atoms with van der Waals surface area (Å²) in [4.78, 5) is 0. The van der Waals surface area contributed by atoms with Gasteiger partial charge in [-0.2, -0.15) is 0 Å². The van der Waals surface area contributed by atoms with Crippen LogP contribution in [-0.2, 0) is 0 Å². The Labute approximate surface area is 126 Å². The normalized spacial score (nSPS) is 13.5. The predicted octanol–water partition coefficient (Wildman–Crippen LogP) is 1.09. The molecule has 0 heterocycles. The third kappa shape index (κ3) is 5.28. The van der Waals surface area contributed by atoms with Crippen LogP contribution in [0.15, 0.2) is 24.3 Å². The quantitative estimate of drug-likeness (QED) is 0.548. The molecule has 0 saturated carbocycles. The summed E-state index contributed by atoms with van der Waals surface area (Å²) in [5.41, 5.74) is -0.0849. The molecule has 0 spiro atoms. The highest BCUT2D eigenvalue weighted by atomic mass is 16.5. The highest BCUT2D eigenvalue weighted by Crippen LogP contribution is 2.20. The molecule has 0 aliphatic carbocycles. The molecule has 0 saturated heterocycles. The number of hydrogen-bond donors (Lipinski definition) is 4. The standard InChI is InChI=1S/C16H27NO4/c1-12(2)8-21-15-6-4-14(5-7-15)13(3)17-16(9-18,10-19)11-20/h4-7,12-13,17-20H,8-11H2,1-3H3. The molecule has 1 rings (SSSR count). The van der Waals surface area contributed by atoms with Gasteiger partial charge >= 0.3 is 0 Å². The zero-order chi connectivity index (χ0) is 15.9. The summed E-state index contributed by atoms with van der Waals surface area (Å²) in [6, 6.07) is 7.55. The lowest BCUT2D eigenvalue weighted by molar-refractivity contribution is 0.0355. The Kier molecular flexibility index (Phi) is 7.11. The molecular weight excluding hydrogens is 270 g/mol. The highest BCUT2D eigenvalue weighted by Gasteiger charge is 2.29. The predicted molar refractivity (Wildman–Crippen MR) is 82.3 cm³/mol. The molecule has 0 amide bonds. The van der Waals surface area contributed by atoms with E-state index in [2.05, 4.69) is 19.2 Å². The van der Waals surface area contributed by atoms with Gasteiger partial charge < -0.3 is 20.1 Å². The summed E-state index contributed by atoms with van der Waals surface area (Å²) in [6.45, 7) is 5.78. The maximum atomic E-state index is 9.34. The molecule has 5 nitrogen and oxygen atoms in total. The fraction of sp³-hybridized carbons (Fsp3) is 0.625. The maximum absolute atomic E-state index is 9.34. The van der Waals surface area contributed by atoms with Crippen LogP contribution in [0.4, 0.5) is 0 Å². The van der Waals surface area contributed by atoms with E-state index in [0.29, 0.717) is 12.5 Å². The Morgan fingerprint density at radius 2 is 1.52 bits per heavy atom. The zero-order valence-corrected chi connectivity index (χ0v) is 13.0. The molecule has 21 heavy (non-hydrogen) atoms. The average molecular weight is 297 g/mol. The molecule has 1 aromatic rings. The van der Waals surface area contributed by atoms with Crippen molar-refractivity contribution in [3.63, 3.8) is 0 Å². The van der Waals surface area contributed by atoms with Gasteiger partial charge in [-0.25, -0.2) is 0 Å². The van der Waals surface area contributed by atoms with Gasteiger partial charge in [-0.05, 0) is 30.5 Å². The summed E-state index contributed by atoms with van der Waals surface area (Å²) in [5, 5.41) is 31.1. The molecule has 1 atom stereocenters. The Bertz CT molecular complexity index is 393. The summed E-state index contributed by atoms with van der Waals surface area (Å²) < 4.78 is 5.63. The number of nitrogens with one attached hydrogen (secondary N) is 1. The van der Waals surface area contributed by atoms with Crippen LogP contribution in [0.25, 0.3) is 0 Å². The topological polar surface area (TPSA) is 82.0 Å². The molecule has 0 fully saturated rings. The van der Waals surface area contributed by atoms with Crippen LogP contribution in [0.5, 0.6) is 5.75 Å². The van der Waals surface area contributed by atoms with E-state index in [-0.39, 0.29) is 25.9 Å². The summed E-state index contributed by atoms with van der Waals surface area (Å²) in [5.74, 6) is 1.29. The second-order valence-electron chi connectivity index (χ2n) is 5.89. The minimum atomic E-state index is -1.08. The third-order valence-electron chi connectivity index (χ3n) is 3.39. The first kappa shape index (κ1) is 17.9. The molecule has 0 aromatic heterocycles. The van der Waals surface area contributed by atoms with Crippen molar-refractivity contribution in [2.24, 2.45) is 5.92 Å². The fourth-order valence-corrected chi connectivity index (χ4v) is 1.95. The van der Waals surface area contributed by atoms with Crippen molar-refractivity contribution < 1.29 is 20.1 Å². The van der Waals surface area contributed by atoms with Crippen molar-refractivity contribution in [2.75, 3.05) is 26.4 Å². The van der Waals surface area contributed by atoms with E-state index in [9.17, 15) is 15.3 Å². The monoisotopic (exact) mass is 297 g/mol. The van der Waals surface area contributed by atoms with E-state index in [1.165, 1.54) is 0 Å². The van der Waals surface area contributed by atoms with Crippen molar-refractivity contribution >= 4 is 0 Å². The first-order valence-electron chi connectivity index (χ1n) is 7.29. The first-order chi connectivity index (χ1) is 9.96. The number of aliphatic hydroxyl groups excluding tert-OH is 3. The molecule has 0 aliphatic heterocycles. The zero-order valence-electron chi connectivity index (χ0n) is 13.0. The number of benzene rings is 1. The molecule has 120 valence electrons. The number of rotatable bonds is 9. The van der Waals surface area contributed by atoms with Crippen LogP contribution >= 0.6 is 0 Å². The molecular formula is C16H27NO4. The minimum absolute atomic E-state index is 0.115.